The molecule has 1 aromatic heterocycles. The molecule has 0 aromatic carbocycles. The molecule has 3 unspecified atom stereocenters. The van der Waals surface area contributed by atoms with Crippen molar-refractivity contribution in [3.05, 3.63) is 16.0 Å². The molecule has 3 atom stereocenters. The second-order valence-electron chi connectivity index (χ2n) is 8.93. The molecule has 1 saturated carbocycles. The largest absolute Gasteiger partial charge is 0.481 e. The highest BCUT2D eigenvalue weighted by atomic mass is 32.1. The molecule has 3 rings (SSSR count). The number of aliphatic carboxylic acids is 1. The van der Waals surface area contributed by atoms with E-state index < -0.39 is 17.8 Å². The van der Waals surface area contributed by atoms with Gasteiger partial charge in [-0.1, -0.05) is 40.0 Å². The van der Waals surface area contributed by atoms with Crippen LogP contribution in [0.2, 0.25) is 0 Å². The highest BCUT2D eigenvalue weighted by Crippen LogP contribution is 2.45. The van der Waals surface area contributed by atoms with Gasteiger partial charge >= 0.3 is 5.97 Å². The van der Waals surface area contributed by atoms with Crippen molar-refractivity contribution >= 4 is 28.2 Å². The maximum Gasteiger partial charge on any atom is 0.307 e. The number of hydrogen-bond donors (Lipinski definition) is 2. The number of carboxylic acids is 1. The van der Waals surface area contributed by atoms with E-state index >= 15 is 0 Å². The van der Waals surface area contributed by atoms with Gasteiger partial charge in [0.05, 0.1) is 17.4 Å². The van der Waals surface area contributed by atoms with Crippen LogP contribution in [-0.2, 0) is 22.4 Å². The van der Waals surface area contributed by atoms with E-state index in [-0.39, 0.29) is 11.3 Å². The number of carboxylic acid groups (broad SMARTS) is 1. The van der Waals surface area contributed by atoms with Crippen LogP contribution in [0.25, 0.3) is 0 Å². The molecule has 0 aliphatic heterocycles. The van der Waals surface area contributed by atoms with Gasteiger partial charge in [-0.15, -0.1) is 11.3 Å². The predicted molar refractivity (Wildman–Crippen MR) is 110 cm³/mol. The molecular formula is C22H30N2O3S. The Morgan fingerprint density at radius 2 is 1.93 bits per heavy atom. The molecule has 1 fully saturated rings. The number of nitrogens with zero attached hydrogens (tertiary/aromatic N) is 1. The summed E-state index contributed by atoms with van der Waals surface area (Å²) in [6.07, 6.45) is 6.89. The van der Waals surface area contributed by atoms with E-state index in [2.05, 4.69) is 32.2 Å². The molecule has 0 saturated heterocycles. The number of nitriles is 1. The molecule has 1 heterocycles. The van der Waals surface area contributed by atoms with Gasteiger partial charge in [-0.3, -0.25) is 9.59 Å². The molecule has 0 radical (unpaired) electrons. The molecule has 1 amide bonds. The number of carbonyl (C=O) groups excluding carboxylic acids is 1. The predicted octanol–water partition coefficient (Wildman–Crippen LogP) is 4.99. The summed E-state index contributed by atoms with van der Waals surface area (Å²) in [7, 11) is 0. The molecule has 152 valence electrons. The number of anilines is 1. The first kappa shape index (κ1) is 20.9. The monoisotopic (exact) mass is 402 g/mol. The van der Waals surface area contributed by atoms with Crippen molar-refractivity contribution in [2.24, 2.45) is 23.2 Å². The fraction of sp³-hybridized carbons (Fsp3) is 0.682. The topological polar surface area (TPSA) is 90.2 Å². The molecule has 28 heavy (non-hydrogen) atoms. The zero-order valence-electron chi connectivity index (χ0n) is 17.0. The van der Waals surface area contributed by atoms with E-state index in [0.29, 0.717) is 29.3 Å². The summed E-state index contributed by atoms with van der Waals surface area (Å²) in [6.45, 7) is 6.83. The van der Waals surface area contributed by atoms with Gasteiger partial charge in [0.1, 0.15) is 11.1 Å². The average Bonchev–Trinajstić information content (AvgIpc) is 3.03. The molecule has 5 nitrogen and oxygen atoms in total. The Morgan fingerprint density at radius 1 is 1.25 bits per heavy atom. The fourth-order valence-electron chi connectivity index (χ4n) is 4.69. The van der Waals surface area contributed by atoms with E-state index in [9.17, 15) is 20.0 Å². The normalized spacial score (nSPS) is 24.9. The molecule has 0 spiro atoms. The number of amides is 1. The van der Waals surface area contributed by atoms with Crippen molar-refractivity contribution < 1.29 is 14.7 Å². The third-order valence-electron chi connectivity index (χ3n) is 7.05. The molecule has 2 N–H and O–H groups in total. The molecular weight excluding hydrogens is 372 g/mol. The number of fused-ring (bicyclic) bond motifs is 1. The summed E-state index contributed by atoms with van der Waals surface area (Å²) in [4.78, 5) is 25.6. The van der Waals surface area contributed by atoms with Crippen molar-refractivity contribution in [1.29, 1.82) is 5.26 Å². The Bertz CT molecular complexity index is 805. The van der Waals surface area contributed by atoms with Crippen LogP contribution in [0.1, 0.15) is 75.3 Å². The number of hydrogen-bond acceptors (Lipinski definition) is 4. The minimum absolute atomic E-state index is 0.243. The number of nitrogens with one attached hydrogen (secondary N) is 1. The summed E-state index contributed by atoms with van der Waals surface area (Å²) in [5, 5.41) is 22.7. The fourth-order valence-corrected chi connectivity index (χ4v) is 5.97. The van der Waals surface area contributed by atoms with Gasteiger partial charge in [0.25, 0.3) is 0 Å². The van der Waals surface area contributed by atoms with Gasteiger partial charge in [-0.05, 0) is 49.0 Å². The summed E-state index contributed by atoms with van der Waals surface area (Å²) < 4.78 is 0. The first-order valence-electron chi connectivity index (χ1n) is 10.4. The van der Waals surface area contributed by atoms with Gasteiger partial charge in [0.2, 0.25) is 5.91 Å². The number of carbonyl (C=O) groups is 2. The number of thiophene rings is 1. The van der Waals surface area contributed by atoms with E-state index in [4.69, 9.17) is 0 Å². The van der Waals surface area contributed by atoms with Gasteiger partial charge in [-0.25, -0.2) is 0 Å². The SMILES string of the molecule is CCC(C)(C)C1CCc2c(sc(NC(=O)C3CCCCC3C(=O)O)c2C#N)C1. The first-order valence-corrected chi connectivity index (χ1v) is 11.2. The first-order chi connectivity index (χ1) is 13.3. The second-order valence-corrected chi connectivity index (χ2v) is 10.0. The van der Waals surface area contributed by atoms with Gasteiger partial charge in [0, 0.05) is 4.88 Å². The van der Waals surface area contributed by atoms with Crippen molar-refractivity contribution in [2.75, 3.05) is 5.32 Å². The third-order valence-corrected chi connectivity index (χ3v) is 8.22. The highest BCUT2D eigenvalue weighted by Gasteiger charge is 2.37. The third kappa shape index (κ3) is 3.96. The van der Waals surface area contributed by atoms with E-state index in [1.54, 1.807) is 0 Å². The van der Waals surface area contributed by atoms with Crippen molar-refractivity contribution in [1.82, 2.24) is 0 Å². The Morgan fingerprint density at radius 3 is 2.54 bits per heavy atom. The Hall–Kier alpha value is -1.87. The zero-order valence-corrected chi connectivity index (χ0v) is 17.8. The highest BCUT2D eigenvalue weighted by molar-refractivity contribution is 7.16. The summed E-state index contributed by atoms with van der Waals surface area (Å²) in [6, 6.07) is 2.29. The molecule has 0 bridgehead atoms. The van der Waals surface area contributed by atoms with Crippen LogP contribution in [-0.4, -0.2) is 17.0 Å². The lowest BCUT2D eigenvalue weighted by Gasteiger charge is -2.36. The minimum Gasteiger partial charge on any atom is -0.481 e. The lowest BCUT2D eigenvalue weighted by molar-refractivity contribution is -0.147. The standard InChI is InChI=1S/C22H30N2O3S/c1-4-22(2,3)13-9-10-14-17(12-23)20(28-18(14)11-13)24-19(25)15-7-5-6-8-16(15)21(26)27/h13,15-16H,4-11H2,1-3H3,(H,24,25)(H,26,27). The molecule has 6 heteroatoms. The van der Waals surface area contributed by atoms with Crippen LogP contribution in [0.5, 0.6) is 0 Å². The lowest BCUT2D eigenvalue weighted by Crippen LogP contribution is -2.36. The van der Waals surface area contributed by atoms with Crippen LogP contribution in [0.4, 0.5) is 5.00 Å². The minimum atomic E-state index is -0.893. The van der Waals surface area contributed by atoms with Gasteiger partial charge < -0.3 is 10.4 Å². The second kappa shape index (κ2) is 8.24. The van der Waals surface area contributed by atoms with E-state index in [1.165, 1.54) is 16.2 Å². The van der Waals surface area contributed by atoms with E-state index in [0.717, 1.165) is 44.1 Å². The van der Waals surface area contributed by atoms with Gasteiger partial charge in [-0.2, -0.15) is 5.26 Å². The average molecular weight is 403 g/mol. The molecule has 2 aliphatic rings. The van der Waals surface area contributed by atoms with Crippen LogP contribution >= 0.6 is 11.3 Å². The molecule has 2 aliphatic carbocycles. The zero-order chi connectivity index (χ0) is 20.5. The van der Waals surface area contributed by atoms with Crippen molar-refractivity contribution in [2.45, 2.75) is 72.1 Å². The van der Waals surface area contributed by atoms with Crippen LogP contribution in [0, 0.1) is 34.5 Å². The van der Waals surface area contributed by atoms with Crippen LogP contribution in [0.15, 0.2) is 0 Å². The smallest absolute Gasteiger partial charge is 0.307 e. The maximum atomic E-state index is 12.9. The quantitative estimate of drug-likeness (QED) is 0.726. The van der Waals surface area contributed by atoms with E-state index in [1.807, 2.05) is 0 Å². The van der Waals surface area contributed by atoms with Crippen LogP contribution < -0.4 is 5.32 Å². The Balaban J connectivity index is 1.81. The van der Waals surface area contributed by atoms with Crippen molar-refractivity contribution in [3.8, 4) is 6.07 Å². The maximum absolute atomic E-state index is 12.9. The molecule has 1 aromatic rings. The lowest BCUT2D eigenvalue weighted by atomic mass is 9.69. The Labute approximate surface area is 171 Å². The summed E-state index contributed by atoms with van der Waals surface area (Å²) in [5.74, 6) is -1.69. The van der Waals surface area contributed by atoms with Crippen molar-refractivity contribution in [3.63, 3.8) is 0 Å². The van der Waals surface area contributed by atoms with Crippen LogP contribution in [0.3, 0.4) is 0 Å². The summed E-state index contributed by atoms with van der Waals surface area (Å²) >= 11 is 1.52. The number of rotatable bonds is 5. The Kier molecular flexibility index (Phi) is 6.14. The van der Waals surface area contributed by atoms with Gasteiger partial charge in [0.15, 0.2) is 0 Å². The summed E-state index contributed by atoms with van der Waals surface area (Å²) in [5.41, 5.74) is 1.93.